The summed E-state index contributed by atoms with van der Waals surface area (Å²) >= 11 is 0. The van der Waals surface area contributed by atoms with E-state index in [1.165, 1.54) is 7.11 Å². The van der Waals surface area contributed by atoms with Crippen molar-refractivity contribution in [2.75, 3.05) is 13.7 Å². The van der Waals surface area contributed by atoms with E-state index in [9.17, 15) is 14.9 Å². The third-order valence-electron chi connectivity index (χ3n) is 1.90. The third-order valence-corrected chi connectivity index (χ3v) is 1.90. The summed E-state index contributed by atoms with van der Waals surface area (Å²) in [5.74, 6) is -0.237. The van der Waals surface area contributed by atoms with E-state index in [1.54, 1.807) is 0 Å². The molecule has 0 radical (unpaired) electrons. The van der Waals surface area contributed by atoms with Gasteiger partial charge in [-0.05, 0) is 12.3 Å². The molecular weight excluding hydrogens is 186 g/mol. The zero-order valence-corrected chi connectivity index (χ0v) is 8.86. The minimum Gasteiger partial charge on any atom is -0.469 e. The van der Waals surface area contributed by atoms with Crippen LogP contribution in [0.1, 0.15) is 26.7 Å². The Labute approximate surface area is 83.6 Å². The van der Waals surface area contributed by atoms with Crippen molar-refractivity contribution in [2.45, 2.75) is 26.7 Å². The van der Waals surface area contributed by atoms with Crippen LogP contribution in [0.2, 0.25) is 0 Å². The maximum Gasteiger partial charge on any atom is 0.306 e. The zero-order valence-electron chi connectivity index (χ0n) is 8.86. The largest absolute Gasteiger partial charge is 0.469 e. The number of esters is 1. The molecule has 0 saturated carbocycles. The van der Waals surface area contributed by atoms with E-state index >= 15 is 0 Å². The average molecular weight is 203 g/mol. The predicted molar refractivity (Wildman–Crippen MR) is 51.4 cm³/mol. The normalized spacial score (nSPS) is 12.6. The van der Waals surface area contributed by atoms with Crippen LogP contribution in [0.3, 0.4) is 0 Å². The summed E-state index contributed by atoms with van der Waals surface area (Å²) in [5, 5.41) is 10.3. The Balaban J connectivity index is 4.09. The van der Waals surface area contributed by atoms with E-state index in [0.717, 1.165) is 0 Å². The molecule has 0 aromatic rings. The molecular formula is C9H17NO4. The van der Waals surface area contributed by atoms with Crippen molar-refractivity contribution >= 4 is 5.97 Å². The van der Waals surface area contributed by atoms with Crippen LogP contribution in [0.25, 0.3) is 0 Å². The highest BCUT2D eigenvalue weighted by molar-refractivity contribution is 5.69. The van der Waals surface area contributed by atoms with Crippen LogP contribution in [0.4, 0.5) is 0 Å². The first-order valence-electron chi connectivity index (χ1n) is 4.64. The molecule has 0 spiro atoms. The predicted octanol–water partition coefficient (Wildman–Crippen LogP) is 1.49. The molecule has 0 unspecified atom stereocenters. The van der Waals surface area contributed by atoms with E-state index < -0.39 is 0 Å². The summed E-state index contributed by atoms with van der Waals surface area (Å²) in [7, 11) is 1.29. The van der Waals surface area contributed by atoms with E-state index in [4.69, 9.17) is 0 Å². The number of carbonyl (C=O) groups excluding carboxylic acids is 1. The number of hydrogen-bond acceptors (Lipinski definition) is 4. The third kappa shape index (κ3) is 6.39. The van der Waals surface area contributed by atoms with Gasteiger partial charge in [0.05, 0.1) is 13.5 Å². The molecule has 0 aliphatic carbocycles. The summed E-state index contributed by atoms with van der Waals surface area (Å²) in [4.78, 5) is 20.9. The second kappa shape index (κ2) is 6.34. The minimum absolute atomic E-state index is 0.135. The van der Waals surface area contributed by atoms with E-state index in [2.05, 4.69) is 4.74 Å². The van der Waals surface area contributed by atoms with Gasteiger partial charge in [0.15, 0.2) is 0 Å². The summed E-state index contributed by atoms with van der Waals surface area (Å²) < 4.78 is 4.48. The second-order valence-electron chi connectivity index (χ2n) is 3.79. The molecule has 0 fully saturated rings. The molecule has 0 aliphatic heterocycles. The van der Waals surface area contributed by atoms with E-state index in [-0.39, 0.29) is 29.8 Å². The molecule has 5 heteroatoms. The van der Waals surface area contributed by atoms with Gasteiger partial charge in [0.2, 0.25) is 6.54 Å². The van der Waals surface area contributed by atoms with Crippen LogP contribution in [-0.4, -0.2) is 24.5 Å². The number of rotatable bonds is 6. The number of carbonyl (C=O) groups is 1. The number of ether oxygens (including phenoxy) is 1. The molecule has 0 amide bonds. The zero-order chi connectivity index (χ0) is 11.1. The highest BCUT2D eigenvalue weighted by Crippen LogP contribution is 2.16. The highest BCUT2D eigenvalue weighted by atomic mass is 16.6. The van der Waals surface area contributed by atoms with Crippen molar-refractivity contribution in [3.63, 3.8) is 0 Å². The molecule has 1 atom stereocenters. The summed E-state index contributed by atoms with van der Waals surface area (Å²) in [6.45, 7) is 3.79. The van der Waals surface area contributed by atoms with Crippen LogP contribution >= 0.6 is 0 Å². The Morgan fingerprint density at radius 3 is 2.43 bits per heavy atom. The van der Waals surface area contributed by atoms with Crippen LogP contribution in [-0.2, 0) is 9.53 Å². The van der Waals surface area contributed by atoms with Crippen LogP contribution in [0.5, 0.6) is 0 Å². The molecule has 0 saturated heterocycles. The lowest BCUT2D eigenvalue weighted by Gasteiger charge is -2.13. The molecule has 14 heavy (non-hydrogen) atoms. The standard InChI is InChI=1S/C9H17NO4/c1-7(2)4-8(6-10(12)13)5-9(11)14-3/h7-8H,4-6H2,1-3H3/t8-/m0/s1. The molecule has 82 valence electrons. The lowest BCUT2D eigenvalue weighted by molar-refractivity contribution is -0.488. The number of methoxy groups -OCH3 is 1. The fourth-order valence-electron chi connectivity index (χ4n) is 1.42. The maximum atomic E-state index is 10.9. The van der Waals surface area contributed by atoms with Crippen molar-refractivity contribution in [1.82, 2.24) is 0 Å². The van der Waals surface area contributed by atoms with Gasteiger partial charge in [-0.1, -0.05) is 13.8 Å². The van der Waals surface area contributed by atoms with Crippen molar-refractivity contribution in [1.29, 1.82) is 0 Å². The molecule has 0 heterocycles. The summed E-state index contributed by atoms with van der Waals surface area (Å²) in [5.41, 5.74) is 0. The number of nitrogens with zero attached hydrogens (tertiary/aromatic N) is 1. The smallest absolute Gasteiger partial charge is 0.306 e. The Morgan fingerprint density at radius 2 is 2.07 bits per heavy atom. The fourth-order valence-corrected chi connectivity index (χ4v) is 1.42. The Hall–Kier alpha value is -1.13. The van der Waals surface area contributed by atoms with Crippen LogP contribution in [0.15, 0.2) is 0 Å². The van der Waals surface area contributed by atoms with E-state index in [1.807, 2.05) is 13.8 Å². The van der Waals surface area contributed by atoms with Gasteiger partial charge in [0.1, 0.15) is 0 Å². The quantitative estimate of drug-likeness (QED) is 0.372. The molecule has 0 rings (SSSR count). The molecule has 0 aromatic heterocycles. The number of hydrogen-bond donors (Lipinski definition) is 0. The van der Waals surface area contributed by atoms with E-state index in [0.29, 0.717) is 12.3 Å². The molecule has 0 bridgehead atoms. The lowest BCUT2D eigenvalue weighted by Crippen LogP contribution is -2.20. The van der Waals surface area contributed by atoms with Gasteiger partial charge < -0.3 is 4.74 Å². The van der Waals surface area contributed by atoms with Gasteiger partial charge in [0.25, 0.3) is 0 Å². The SMILES string of the molecule is COC(=O)C[C@H](CC(C)C)C[N+](=O)[O-]. The van der Waals surface area contributed by atoms with Crippen molar-refractivity contribution in [3.8, 4) is 0 Å². The second-order valence-corrected chi connectivity index (χ2v) is 3.79. The van der Waals surface area contributed by atoms with Gasteiger partial charge in [-0.3, -0.25) is 14.9 Å². The summed E-state index contributed by atoms with van der Waals surface area (Å²) in [6.07, 6.45) is 0.811. The maximum absolute atomic E-state index is 10.9. The highest BCUT2D eigenvalue weighted by Gasteiger charge is 2.20. The Morgan fingerprint density at radius 1 is 1.50 bits per heavy atom. The van der Waals surface area contributed by atoms with Crippen molar-refractivity contribution < 1.29 is 14.5 Å². The lowest BCUT2D eigenvalue weighted by atomic mass is 9.94. The minimum atomic E-state index is -0.379. The van der Waals surface area contributed by atoms with Crippen molar-refractivity contribution in [2.24, 2.45) is 11.8 Å². The fraction of sp³-hybridized carbons (Fsp3) is 0.889. The molecule has 0 aromatic carbocycles. The Kier molecular flexibility index (Phi) is 5.83. The number of nitro groups is 1. The van der Waals surface area contributed by atoms with Crippen LogP contribution in [0, 0.1) is 22.0 Å². The van der Waals surface area contributed by atoms with Gasteiger partial charge in [-0.25, -0.2) is 0 Å². The first-order valence-corrected chi connectivity index (χ1v) is 4.64. The molecule has 5 nitrogen and oxygen atoms in total. The van der Waals surface area contributed by atoms with Gasteiger partial charge in [0, 0.05) is 10.8 Å². The first kappa shape index (κ1) is 12.9. The van der Waals surface area contributed by atoms with Gasteiger partial charge >= 0.3 is 5.97 Å². The Bertz CT molecular complexity index is 203. The molecule has 0 N–H and O–H groups in total. The van der Waals surface area contributed by atoms with Crippen molar-refractivity contribution in [3.05, 3.63) is 10.1 Å². The van der Waals surface area contributed by atoms with Gasteiger partial charge in [-0.2, -0.15) is 0 Å². The molecule has 0 aliphatic rings. The first-order chi connectivity index (χ1) is 6.45. The monoisotopic (exact) mass is 203 g/mol. The topological polar surface area (TPSA) is 69.4 Å². The summed E-state index contributed by atoms with van der Waals surface area (Å²) in [6, 6.07) is 0. The van der Waals surface area contributed by atoms with Gasteiger partial charge in [-0.15, -0.1) is 0 Å². The van der Waals surface area contributed by atoms with Crippen LogP contribution < -0.4 is 0 Å². The average Bonchev–Trinajstić information content (AvgIpc) is 2.01.